The fourth-order valence-electron chi connectivity index (χ4n) is 3.41. The van der Waals surface area contributed by atoms with E-state index in [4.69, 9.17) is 4.74 Å². The zero-order valence-corrected chi connectivity index (χ0v) is 18.2. The molecule has 2 heterocycles. The molecular weight excluding hydrogens is 406 g/mol. The molecule has 1 N–H and O–H groups in total. The highest BCUT2D eigenvalue weighted by Crippen LogP contribution is 2.37. The predicted octanol–water partition coefficient (Wildman–Crippen LogP) is 3.60. The molecule has 2 aromatic rings. The predicted molar refractivity (Wildman–Crippen MR) is 118 cm³/mol. The number of carbonyl (C=O) groups is 2. The first-order valence-electron chi connectivity index (χ1n) is 9.50. The van der Waals surface area contributed by atoms with Gasteiger partial charge >= 0.3 is 5.97 Å². The van der Waals surface area contributed by atoms with Crippen molar-refractivity contribution < 1.29 is 14.3 Å². The molecule has 0 bridgehead atoms. The molecule has 0 radical (unpaired) electrons. The summed E-state index contributed by atoms with van der Waals surface area (Å²) in [5.74, 6) is 1.86. The molecule has 0 spiro atoms. The van der Waals surface area contributed by atoms with Crippen LogP contribution in [0.2, 0.25) is 0 Å². The molecule has 29 heavy (non-hydrogen) atoms. The van der Waals surface area contributed by atoms with Crippen LogP contribution in [-0.2, 0) is 20.4 Å². The number of ether oxygens (including phenoxy) is 1. The monoisotopic (exact) mass is 430 g/mol. The summed E-state index contributed by atoms with van der Waals surface area (Å²) in [6.07, 6.45) is 4.17. The molecule has 1 amide bonds. The quantitative estimate of drug-likeness (QED) is 0.412. The first-order chi connectivity index (χ1) is 14.1. The second kappa shape index (κ2) is 9.90. The number of esters is 1. The van der Waals surface area contributed by atoms with Gasteiger partial charge in [-0.1, -0.05) is 18.2 Å². The summed E-state index contributed by atoms with van der Waals surface area (Å²) in [7, 11) is 0.0802. The Labute approximate surface area is 178 Å². The number of rotatable bonds is 7. The van der Waals surface area contributed by atoms with Crippen molar-refractivity contribution >= 4 is 40.2 Å². The molecule has 0 aliphatic carbocycles. The normalized spacial score (nSPS) is 13.8. The molecule has 0 atom stereocenters. The third kappa shape index (κ3) is 4.62. The summed E-state index contributed by atoms with van der Waals surface area (Å²) in [4.78, 5) is 25.6. The van der Waals surface area contributed by atoms with Crippen molar-refractivity contribution in [2.45, 2.75) is 24.8 Å². The van der Waals surface area contributed by atoms with Gasteiger partial charge in [-0.2, -0.15) is 5.26 Å². The van der Waals surface area contributed by atoms with E-state index in [2.05, 4.69) is 11.4 Å². The molecular formula is C21H24N3O3S2+. The second-order valence-corrected chi connectivity index (χ2v) is 9.66. The topological polar surface area (TPSA) is 84.1 Å². The number of aromatic nitrogens is 1. The number of benzene rings is 1. The van der Waals surface area contributed by atoms with E-state index in [0.29, 0.717) is 10.8 Å². The Bertz CT molecular complexity index is 929. The van der Waals surface area contributed by atoms with Crippen LogP contribution < -0.4 is 5.32 Å². The van der Waals surface area contributed by atoms with Crippen LogP contribution in [0.3, 0.4) is 0 Å². The SMILES string of the molecule is CCOC(=O)c1c(NC(=O)C[S+]2CCCC2)c(C#N)c(SC)n1-c1ccccc1. The van der Waals surface area contributed by atoms with Crippen LogP contribution in [0.25, 0.3) is 5.69 Å². The number of nitrogens with zero attached hydrogens (tertiary/aromatic N) is 2. The summed E-state index contributed by atoms with van der Waals surface area (Å²) < 4.78 is 6.98. The van der Waals surface area contributed by atoms with Crippen LogP contribution in [0.5, 0.6) is 0 Å². The number of para-hydroxylation sites is 1. The van der Waals surface area contributed by atoms with Crippen molar-refractivity contribution in [1.29, 1.82) is 5.26 Å². The maximum absolute atomic E-state index is 12.9. The third-order valence-electron chi connectivity index (χ3n) is 4.63. The Kier molecular flexibility index (Phi) is 7.29. The average Bonchev–Trinajstić information content (AvgIpc) is 3.34. The first kappa shape index (κ1) is 21.3. The number of hydrogen-bond donors (Lipinski definition) is 1. The standard InChI is InChI=1S/C21H23N3O3S2/c1-3-27-21(26)19-18(23-17(25)14-29-11-7-8-12-29)16(13-22)20(28-2)24(19)15-9-5-4-6-10-15/h4-6,9-10H,3,7-8,11-12,14H2,1-2H3/p+1. The molecule has 0 unspecified atom stereocenters. The van der Waals surface area contributed by atoms with Gasteiger partial charge in [-0.15, -0.1) is 11.8 Å². The van der Waals surface area contributed by atoms with E-state index in [0.717, 1.165) is 30.0 Å². The molecule has 0 saturated carbocycles. The lowest BCUT2D eigenvalue weighted by molar-refractivity contribution is -0.113. The highest BCUT2D eigenvalue weighted by atomic mass is 32.2. The fraction of sp³-hybridized carbons (Fsp3) is 0.381. The second-order valence-electron chi connectivity index (χ2n) is 6.53. The summed E-state index contributed by atoms with van der Waals surface area (Å²) in [6.45, 7) is 1.93. The Hall–Kier alpha value is -2.37. The van der Waals surface area contributed by atoms with E-state index in [-0.39, 0.29) is 40.4 Å². The van der Waals surface area contributed by atoms with Gasteiger partial charge in [-0.3, -0.25) is 9.36 Å². The Morgan fingerprint density at radius 1 is 1.28 bits per heavy atom. The minimum Gasteiger partial charge on any atom is -0.461 e. The lowest BCUT2D eigenvalue weighted by Gasteiger charge is -2.12. The highest BCUT2D eigenvalue weighted by Gasteiger charge is 2.32. The number of amides is 1. The van der Waals surface area contributed by atoms with E-state index in [1.807, 2.05) is 36.6 Å². The van der Waals surface area contributed by atoms with Gasteiger partial charge in [0.05, 0.1) is 12.3 Å². The third-order valence-corrected chi connectivity index (χ3v) is 7.81. The maximum atomic E-state index is 12.9. The molecule has 1 aliphatic heterocycles. The van der Waals surface area contributed by atoms with E-state index in [1.165, 1.54) is 11.8 Å². The minimum absolute atomic E-state index is 0.0802. The maximum Gasteiger partial charge on any atom is 0.357 e. The van der Waals surface area contributed by atoms with E-state index < -0.39 is 5.97 Å². The Morgan fingerprint density at radius 2 is 1.97 bits per heavy atom. The van der Waals surface area contributed by atoms with Crippen LogP contribution in [-0.4, -0.2) is 46.6 Å². The van der Waals surface area contributed by atoms with Gasteiger partial charge in [0, 0.05) is 5.69 Å². The van der Waals surface area contributed by atoms with Gasteiger partial charge in [0.2, 0.25) is 0 Å². The van der Waals surface area contributed by atoms with Gasteiger partial charge in [0.1, 0.15) is 28.2 Å². The van der Waals surface area contributed by atoms with Crippen molar-refractivity contribution in [3.8, 4) is 11.8 Å². The van der Waals surface area contributed by atoms with Crippen LogP contribution in [0.1, 0.15) is 35.8 Å². The molecule has 3 rings (SSSR count). The zero-order valence-electron chi connectivity index (χ0n) is 16.6. The van der Waals surface area contributed by atoms with Gasteiger partial charge in [0.25, 0.3) is 5.91 Å². The number of nitrogens with one attached hydrogen (secondary N) is 1. The summed E-state index contributed by atoms with van der Waals surface area (Å²) in [5.41, 5.74) is 1.44. The van der Waals surface area contributed by atoms with Crippen LogP contribution in [0.15, 0.2) is 35.4 Å². The molecule has 152 valence electrons. The molecule has 1 aromatic heterocycles. The van der Waals surface area contributed by atoms with Gasteiger partial charge < -0.3 is 10.1 Å². The van der Waals surface area contributed by atoms with Crippen LogP contribution in [0.4, 0.5) is 5.69 Å². The average molecular weight is 431 g/mol. The van der Waals surface area contributed by atoms with Crippen molar-refractivity contribution in [2.24, 2.45) is 0 Å². The smallest absolute Gasteiger partial charge is 0.357 e. The van der Waals surface area contributed by atoms with E-state index in [1.54, 1.807) is 11.5 Å². The van der Waals surface area contributed by atoms with Crippen LogP contribution in [0, 0.1) is 11.3 Å². The van der Waals surface area contributed by atoms with Crippen molar-refractivity contribution in [2.75, 3.05) is 35.4 Å². The van der Waals surface area contributed by atoms with E-state index >= 15 is 0 Å². The summed E-state index contributed by atoms with van der Waals surface area (Å²) >= 11 is 1.36. The fourth-order valence-corrected chi connectivity index (χ4v) is 6.30. The van der Waals surface area contributed by atoms with Gasteiger partial charge in [-0.05, 0) is 49.0 Å². The minimum atomic E-state index is -0.563. The molecule has 1 aliphatic rings. The molecule has 8 heteroatoms. The van der Waals surface area contributed by atoms with Gasteiger partial charge in [0.15, 0.2) is 11.4 Å². The number of anilines is 1. The van der Waals surface area contributed by atoms with Crippen molar-refractivity contribution in [3.05, 3.63) is 41.6 Å². The summed E-state index contributed by atoms with van der Waals surface area (Å²) in [6, 6.07) is 11.5. The van der Waals surface area contributed by atoms with E-state index in [9.17, 15) is 14.9 Å². The molecule has 1 aromatic carbocycles. The summed E-state index contributed by atoms with van der Waals surface area (Å²) in [5, 5.41) is 13.3. The van der Waals surface area contributed by atoms with Crippen molar-refractivity contribution in [3.63, 3.8) is 0 Å². The number of nitriles is 1. The van der Waals surface area contributed by atoms with Crippen LogP contribution >= 0.6 is 11.8 Å². The van der Waals surface area contributed by atoms with Crippen molar-refractivity contribution in [1.82, 2.24) is 4.57 Å². The lowest BCUT2D eigenvalue weighted by Crippen LogP contribution is -2.25. The molecule has 6 nitrogen and oxygen atoms in total. The zero-order chi connectivity index (χ0) is 20.8. The Balaban J connectivity index is 2.10. The Morgan fingerprint density at radius 3 is 2.55 bits per heavy atom. The first-order valence-corrected chi connectivity index (χ1v) is 12.5. The van der Waals surface area contributed by atoms with Gasteiger partial charge in [-0.25, -0.2) is 4.79 Å². The number of carbonyl (C=O) groups excluding carboxylic acids is 2. The number of thioether (sulfide) groups is 1. The lowest BCUT2D eigenvalue weighted by atomic mass is 10.2. The largest absolute Gasteiger partial charge is 0.461 e. The molecule has 1 fully saturated rings. The molecule has 1 saturated heterocycles. The highest BCUT2D eigenvalue weighted by molar-refractivity contribution is 7.98. The number of hydrogen-bond acceptors (Lipinski definition) is 5.